The molecule has 0 bridgehead atoms. The molecule has 0 aliphatic carbocycles. The number of hydrogen-bond donors (Lipinski definition) is 1. The van der Waals surface area contributed by atoms with E-state index in [0.29, 0.717) is 17.9 Å². The van der Waals surface area contributed by atoms with E-state index in [2.05, 4.69) is 46.9 Å². The van der Waals surface area contributed by atoms with E-state index in [1.165, 1.54) is 0 Å². The summed E-state index contributed by atoms with van der Waals surface area (Å²) in [5.74, 6) is 1.05. The molecule has 118 valence electrons. The summed E-state index contributed by atoms with van der Waals surface area (Å²) in [5.41, 5.74) is 0. The van der Waals surface area contributed by atoms with Crippen molar-refractivity contribution < 1.29 is 9.53 Å². The molecule has 0 saturated carbocycles. The van der Waals surface area contributed by atoms with Crippen molar-refractivity contribution >= 4 is 5.91 Å². The van der Waals surface area contributed by atoms with Crippen molar-refractivity contribution in [2.24, 2.45) is 11.8 Å². The third kappa shape index (κ3) is 4.74. The van der Waals surface area contributed by atoms with Crippen LogP contribution in [0.4, 0.5) is 0 Å². The SMILES string of the molecule is CC(C)OCCCCN1C(=O)C(C(C)C)NC1C(C)C. The number of carbonyl (C=O) groups is 1. The van der Waals surface area contributed by atoms with Crippen LogP contribution < -0.4 is 5.32 Å². The highest BCUT2D eigenvalue weighted by Gasteiger charge is 2.40. The predicted octanol–water partition coefficient (Wildman–Crippen LogP) is 2.63. The summed E-state index contributed by atoms with van der Waals surface area (Å²) < 4.78 is 5.55. The van der Waals surface area contributed by atoms with E-state index in [4.69, 9.17) is 4.74 Å². The monoisotopic (exact) mass is 284 g/mol. The Morgan fingerprint density at radius 2 is 1.75 bits per heavy atom. The topological polar surface area (TPSA) is 41.6 Å². The van der Waals surface area contributed by atoms with E-state index in [-0.39, 0.29) is 18.1 Å². The van der Waals surface area contributed by atoms with Crippen molar-refractivity contribution in [2.75, 3.05) is 13.2 Å². The van der Waals surface area contributed by atoms with Gasteiger partial charge >= 0.3 is 0 Å². The first-order chi connectivity index (χ1) is 9.34. The lowest BCUT2D eigenvalue weighted by Gasteiger charge is -2.27. The Bertz CT molecular complexity index is 303. The van der Waals surface area contributed by atoms with Crippen molar-refractivity contribution in [1.82, 2.24) is 10.2 Å². The molecule has 0 aromatic carbocycles. The molecule has 0 aromatic heterocycles. The average Bonchev–Trinajstić information content (AvgIpc) is 2.66. The Labute approximate surface area is 124 Å². The molecule has 1 fully saturated rings. The number of unbranched alkanes of at least 4 members (excludes halogenated alkanes) is 1. The van der Waals surface area contributed by atoms with E-state index in [0.717, 1.165) is 26.0 Å². The molecule has 2 unspecified atom stereocenters. The molecule has 2 atom stereocenters. The first-order valence-electron chi connectivity index (χ1n) is 8.02. The second-order valence-electron chi connectivity index (χ2n) is 6.74. The van der Waals surface area contributed by atoms with Crippen LogP contribution in [0.2, 0.25) is 0 Å². The van der Waals surface area contributed by atoms with Crippen LogP contribution in [0.1, 0.15) is 54.4 Å². The van der Waals surface area contributed by atoms with Crippen LogP contribution in [0.25, 0.3) is 0 Å². The third-order valence-electron chi connectivity index (χ3n) is 3.78. The van der Waals surface area contributed by atoms with Crippen molar-refractivity contribution in [2.45, 2.75) is 72.7 Å². The number of nitrogens with one attached hydrogen (secondary N) is 1. The Balaban J connectivity index is 2.46. The van der Waals surface area contributed by atoms with Crippen molar-refractivity contribution in [3.8, 4) is 0 Å². The lowest BCUT2D eigenvalue weighted by molar-refractivity contribution is -0.131. The van der Waals surface area contributed by atoms with Gasteiger partial charge in [-0.05, 0) is 38.5 Å². The Morgan fingerprint density at radius 1 is 1.10 bits per heavy atom. The van der Waals surface area contributed by atoms with Crippen molar-refractivity contribution in [1.29, 1.82) is 0 Å². The van der Waals surface area contributed by atoms with Crippen molar-refractivity contribution in [3.05, 3.63) is 0 Å². The number of hydrogen-bond acceptors (Lipinski definition) is 3. The number of rotatable bonds is 8. The molecular weight excluding hydrogens is 252 g/mol. The molecular formula is C16H32N2O2. The van der Waals surface area contributed by atoms with Gasteiger partial charge in [0.05, 0.1) is 18.3 Å². The normalized spacial score (nSPS) is 23.6. The van der Waals surface area contributed by atoms with Crippen LogP contribution in [0.5, 0.6) is 0 Å². The van der Waals surface area contributed by atoms with E-state index in [1.54, 1.807) is 0 Å². The lowest BCUT2D eigenvalue weighted by atomic mass is 10.0. The quantitative estimate of drug-likeness (QED) is 0.697. The second-order valence-corrected chi connectivity index (χ2v) is 6.74. The van der Waals surface area contributed by atoms with Gasteiger partial charge in [-0.2, -0.15) is 0 Å². The highest BCUT2D eigenvalue weighted by Crippen LogP contribution is 2.22. The fraction of sp³-hybridized carbons (Fsp3) is 0.938. The maximum atomic E-state index is 12.5. The van der Waals surface area contributed by atoms with Crippen LogP contribution in [-0.2, 0) is 9.53 Å². The van der Waals surface area contributed by atoms with Crippen LogP contribution in [0, 0.1) is 11.8 Å². The maximum absolute atomic E-state index is 12.5. The first-order valence-corrected chi connectivity index (χ1v) is 8.02. The largest absolute Gasteiger partial charge is 0.379 e. The molecule has 1 amide bonds. The molecule has 1 N–H and O–H groups in total. The van der Waals surface area contributed by atoms with Crippen LogP contribution in [0.15, 0.2) is 0 Å². The molecule has 0 radical (unpaired) electrons. The summed E-state index contributed by atoms with van der Waals surface area (Å²) in [4.78, 5) is 14.5. The summed E-state index contributed by atoms with van der Waals surface area (Å²) in [7, 11) is 0. The van der Waals surface area contributed by atoms with E-state index >= 15 is 0 Å². The minimum atomic E-state index is -0.0192. The lowest BCUT2D eigenvalue weighted by Crippen LogP contribution is -2.42. The zero-order valence-electron chi connectivity index (χ0n) is 14.0. The Hall–Kier alpha value is -0.610. The fourth-order valence-electron chi connectivity index (χ4n) is 2.64. The molecule has 1 heterocycles. The van der Waals surface area contributed by atoms with Crippen LogP contribution in [-0.4, -0.2) is 42.3 Å². The highest BCUT2D eigenvalue weighted by molar-refractivity contribution is 5.84. The molecule has 1 aliphatic heterocycles. The molecule has 1 rings (SSSR count). The van der Waals surface area contributed by atoms with Gasteiger partial charge in [0.2, 0.25) is 5.91 Å². The van der Waals surface area contributed by atoms with Crippen LogP contribution in [0.3, 0.4) is 0 Å². The standard InChI is InChI=1S/C16H32N2O2/c1-11(2)14-16(19)18(15(17-14)12(3)4)9-7-8-10-20-13(5)6/h11-15,17H,7-10H2,1-6H3. The van der Waals surface area contributed by atoms with Crippen molar-refractivity contribution in [3.63, 3.8) is 0 Å². The van der Waals surface area contributed by atoms with Gasteiger partial charge in [0, 0.05) is 13.2 Å². The first kappa shape index (κ1) is 17.4. The van der Waals surface area contributed by atoms with Gasteiger partial charge in [0.15, 0.2) is 0 Å². The fourth-order valence-corrected chi connectivity index (χ4v) is 2.64. The molecule has 4 nitrogen and oxygen atoms in total. The third-order valence-corrected chi connectivity index (χ3v) is 3.78. The molecule has 4 heteroatoms. The zero-order valence-corrected chi connectivity index (χ0v) is 14.0. The minimum Gasteiger partial charge on any atom is -0.379 e. The minimum absolute atomic E-state index is 0.0192. The van der Waals surface area contributed by atoms with Gasteiger partial charge in [-0.15, -0.1) is 0 Å². The summed E-state index contributed by atoms with van der Waals surface area (Å²) >= 11 is 0. The van der Waals surface area contributed by atoms with Gasteiger partial charge in [-0.1, -0.05) is 27.7 Å². The summed E-state index contributed by atoms with van der Waals surface area (Å²) in [6, 6.07) is -0.0192. The van der Waals surface area contributed by atoms with E-state index < -0.39 is 0 Å². The van der Waals surface area contributed by atoms with E-state index in [9.17, 15) is 4.79 Å². The van der Waals surface area contributed by atoms with Gasteiger partial charge in [0.25, 0.3) is 0 Å². The summed E-state index contributed by atoms with van der Waals surface area (Å²) in [6.45, 7) is 14.3. The van der Waals surface area contributed by atoms with Gasteiger partial charge in [-0.25, -0.2) is 0 Å². The summed E-state index contributed by atoms with van der Waals surface area (Å²) in [6.07, 6.45) is 2.49. The molecule has 1 aliphatic rings. The van der Waals surface area contributed by atoms with Crippen LogP contribution >= 0.6 is 0 Å². The van der Waals surface area contributed by atoms with Gasteiger partial charge in [-0.3, -0.25) is 10.1 Å². The molecule has 0 aromatic rings. The second kappa shape index (κ2) is 7.99. The number of ether oxygens (including phenoxy) is 1. The molecule has 20 heavy (non-hydrogen) atoms. The number of carbonyl (C=O) groups excluding carboxylic acids is 1. The average molecular weight is 284 g/mol. The highest BCUT2D eigenvalue weighted by atomic mass is 16.5. The maximum Gasteiger partial charge on any atom is 0.241 e. The number of amides is 1. The predicted molar refractivity (Wildman–Crippen MR) is 82.4 cm³/mol. The number of nitrogens with zero attached hydrogens (tertiary/aromatic N) is 1. The van der Waals surface area contributed by atoms with Gasteiger partial charge in [0.1, 0.15) is 0 Å². The Morgan fingerprint density at radius 3 is 2.25 bits per heavy atom. The molecule has 1 saturated heterocycles. The van der Waals surface area contributed by atoms with E-state index in [1.807, 2.05) is 4.90 Å². The molecule has 0 spiro atoms. The summed E-state index contributed by atoms with van der Waals surface area (Å²) in [5, 5.41) is 3.49. The zero-order chi connectivity index (χ0) is 15.3. The Kier molecular flexibility index (Phi) is 6.96. The van der Waals surface area contributed by atoms with Gasteiger partial charge < -0.3 is 9.64 Å². The smallest absolute Gasteiger partial charge is 0.241 e.